The second-order valence-electron chi connectivity index (χ2n) is 8.89. The molecule has 0 radical (unpaired) electrons. The number of thioether (sulfide) groups is 1. The summed E-state index contributed by atoms with van der Waals surface area (Å²) in [5.41, 5.74) is 2.14. The largest absolute Gasteiger partial charge is 0.465 e. The second-order valence-corrected chi connectivity index (χ2v) is 10.9. The van der Waals surface area contributed by atoms with Gasteiger partial charge in [-0.25, -0.2) is 9.78 Å². The lowest BCUT2D eigenvalue weighted by Crippen LogP contribution is -2.51. The summed E-state index contributed by atoms with van der Waals surface area (Å²) in [5.74, 6) is 0.213. The molecule has 2 aromatic rings. The van der Waals surface area contributed by atoms with Gasteiger partial charge in [0.25, 0.3) is 5.91 Å². The van der Waals surface area contributed by atoms with Crippen LogP contribution in [0.4, 0.5) is 9.93 Å². The van der Waals surface area contributed by atoms with Gasteiger partial charge in [0.2, 0.25) is 5.91 Å². The number of carbonyl (C=O) groups is 3. The molecule has 3 heterocycles. The van der Waals surface area contributed by atoms with Crippen LogP contribution < -0.4 is 16.0 Å². The molecule has 11 heteroatoms. The average molecular weight is 502 g/mol. The van der Waals surface area contributed by atoms with Crippen molar-refractivity contribution in [2.24, 2.45) is 5.92 Å². The lowest BCUT2D eigenvalue weighted by atomic mass is 9.98. The maximum atomic E-state index is 13.0. The van der Waals surface area contributed by atoms with Gasteiger partial charge in [-0.05, 0) is 44.4 Å². The Hall–Kier alpha value is -2.63. The molecule has 0 bridgehead atoms. The first-order valence-electron chi connectivity index (χ1n) is 11.5. The van der Waals surface area contributed by atoms with Crippen molar-refractivity contribution < 1.29 is 19.5 Å². The van der Waals surface area contributed by atoms with Crippen molar-refractivity contribution in [1.29, 1.82) is 0 Å². The molecular weight excluding hydrogens is 474 g/mol. The topological polar surface area (TPSA) is 124 Å². The van der Waals surface area contributed by atoms with E-state index in [1.165, 1.54) is 16.2 Å². The number of benzene rings is 1. The predicted octanol–water partition coefficient (Wildman–Crippen LogP) is 3.06. The number of hydrogen-bond acceptors (Lipinski definition) is 7. The summed E-state index contributed by atoms with van der Waals surface area (Å²) < 4.78 is 0. The molecule has 1 saturated carbocycles. The monoisotopic (exact) mass is 501 g/mol. The maximum absolute atomic E-state index is 13.0. The number of thiazole rings is 1. The Bertz CT molecular complexity index is 1070. The maximum Gasteiger partial charge on any atom is 0.408 e. The highest BCUT2D eigenvalue weighted by molar-refractivity contribution is 8.00. The van der Waals surface area contributed by atoms with E-state index in [4.69, 9.17) is 0 Å². The summed E-state index contributed by atoms with van der Waals surface area (Å²) in [6.45, 7) is 1.72. The van der Waals surface area contributed by atoms with Gasteiger partial charge in [0, 0.05) is 40.8 Å². The van der Waals surface area contributed by atoms with E-state index in [0.29, 0.717) is 28.2 Å². The molecule has 1 aromatic heterocycles. The number of hydrogen-bond donors (Lipinski definition) is 4. The third-order valence-electron chi connectivity index (χ3n) is 6.39. The summed E-state index contributed by atoms with van der Waals surface area (Å²) in [6, 6.07) is 6.78. The van der Waals surface area contributed by atoms with Gasteiger partial charge in [-0.15, -0.1) is 23.1 Å². The number of nitrogens with zero attached hydrogens (tertiary/aromatic N) is 2. The zero-order valence-corrected chi connectivity index (χ0v) is 20.2. The van der Waals surface area contributed by atoms with Crippen LogP contribution >= 0.6 is 23.1 Å². The summed E-state index contributed by atoms with van der Waals surface area (Å²) in [6.07, 6.45) is 2.99. The predicted molar refractivity (Wildman–Crippen MR) is 132 cm³/mol. The standard InChI is InChI=1S/C23H27N5O4S2/c29-19(25-16-7-8-16)14-5-3-13(4-6-14)17-11-34-22(26-17)27-20(30)18-12-33-21(28(18)23(31)32)15-2-1-9-24-10-15/h3-6,11,15-16,18,21,24H,1-2,7-10,12H2,(H,25,29)(H,31,32)(H,26,27,30). The van der Waals surface area contributed by atoms with E-state index in [1.807, 2.05) is 17.5 Å². The summed E-state index contributed by atoms with van der Waals surface area (Å²) in [5, 5.41) is 21.0. The van der Waals surface area contributed by atoms with Crippen LogP contribution in [0.1, 0.15) is 36.0 Å². The molecule has 180 valence electrons. The zero-order chi connectivity index (χ0) is 23.7. The van der Waals surface area contributed by atoms with E-state index in [1.54, 1.807) is 23.9 Å². The highest BCUT2D eigenvalue weighted by Gasteiger charge is 2.45. The molecule has 3 aliphatic rings. The first kappa shape index (κ1) is 23.1. The fourth-order valence-corrected chi connectivity index (χ4v) is 6.71. The minimum Gasteiger partial charge on any atom is -0.465 e. The molecule has 9 nitrogen and oxygen atoms in total. The minimum absolute atomic E-state index is 0.0694. The highest BCUT2D eigenvalue weighted by atomic mass is 32.2. The Morgan fingerprint density at radius 2 is 1.94 bits per heavy atom. The van der Waals surface area contributed by atoms with E-state index in [-0.39, 0.29) is 23.1 Å². The summed E-state index contributed by atoms with van der Waals surface area (Å²) >= 11 is 2.83. The van der Waals surface area contributed by atoms with Crippen molar-refractivity contribution >= 4 is 46.1 Å². The Labute approximate surface area is 205 Å². The summed E-state index contributed by atoms with van der Waals surface area (Å²) in [7, 11) is 0. The number of carboxylic acid groups (broad SMARTS) is 1. The molecule has 3 fully saturated rings. The minimum atomic E-state index is -1.06. The van der Waals surface area contributed by atoms with Crippen LogP contribution in [0.25, 0.3) is 11.3 Å². The van der Waals surface area contributed by atoms with Gasteiger partial charge in [-0.2, -0.15) is 0 Å². The Morgan fingerprint density at radius 1 is 1.15 bits per heavy atom. The Morgan fingerprint density at radius 3 is 2.62 bits per heavy atom. The van der Waals surface area contributed by atoms with Crippen LogP contribution in [0.5, 0.6) is 0 Å². The van der Waals surface area contributed by atoms with Crippen LogP contribution in [0, 0.1) is 5.92 Å². The van der Waals surface area contributed by atoms with Gasteiger partial charge in [0.1, 0.15) is 6.04 Å². The van der Waals surface area contributed by atoms with Crippen molar-refractivity contribution in [3.05, 3.63) is 35.2 Å². The van der Waals surface area contributed by atoms with Crippen molar-refractivity contribution in [2.45, 2.75) is 43.1 Å². The smallest absolute Gasteiger partial charge is 0.408 e. The van der Waals surface area contributed by atoms with Crippen LogP contribution in [-0.4, -0.2) is 69.2 Å². The highest BCUT2D eigenvalue weighted by Crippen LogP contribution is 2.37. The number of carbonyl (C=O) groups excluding carboxylic acids is 2. The van der Waals surface area contributed by atoms with Crippen molar-refractivity contribution in [3.63, 3.8) is 0 Å². The quantitative estimate of drug-likeness (QED) is 0.480. The molecule has 5 rings (SSSR count). The number of nitrogens with one attached hydrogen (secondary N) is 3. The first-order chi connectivity index (χ1) is 16.5. The third-order valence-corrected chi connectivity index (χ3v) is 8.61. The number of aromatic nitrogens is 1. The molecule has 4 N–H and O–H groups in total. The van der Waals surface area contributed by atoms with Gasteiger partial charge in [0.15, 0.2) is 5.13 Å². The Kier molecular flexibility index (Phi) is 6.75. The van der Waals surface area contributed by atoms with E-state index < -0.39 is 12.1 Å². The lowest BCUT2D eigenvalue weighted by Gasteiger charge is -2.33. The molecule has 3 amide bonds. The molecular formula is C23H27N5O4S2. The van der Waals surface area contributed by atoms with Crippen LogP contribution in [0.2, 0.25) is 0 Å². The van der Waals surface area contributed by atoms with Crippen molar-refractivity contribution in [2.75, 3.05) is 24.2 Å². The molecule has 3 unspecified atom stereocenters. The Balaban J connectivity index is 1.22. The summed E-state index contributed by atoms with van der Waals surface area (Å²) in [4.78, 5) is 43.0. The van der Waals surface area contributed by atoms with E-state index in [0.717, 1.165) is 44.3 Å². The number of piperidine rings is 1. The van der Waals surface area contributed by atoms with Gasteiger partial charge in [-0.3, -0.25) is 14.5 Å². The normalized spacial score (nSPS) is 24.6. The zero-order valence-electron chi connectivity index (χ0n) is 18.5. The molecule has 3 atom stereocenters. The van der Waals surface area contributed by atoms with Crippen molar-refractivity contribution in [1.82, 2.24) is 20.5 Å². The molecule has 1 aliphatic carbocycles. The van der Waals surface area contributed by atoms with Crippen LogP contribution in [0.3, 0.4) is 0 Å². The van der Waals surface area contributed by atoms with Crippen LogP contribution in [0.15, 0.2) is 29.6 Å². The van der Waals surface area contributed by atoms with E-state index in [2.05, 4.69) is 20.9 Å². The van der Waals surface area contributed by atoms with E-state index >= 15 is 0 Å². The molecule has 34 heavy (non-hydrogen) atoms. The number of rotatable bonds is 6. The SMILES string of the molecule is O=C(NC1CC1)c1ccc(-c2csc(NC(=O)C3CSC(C4CCCNC4)N3C(=O)O)n2)cc1. The lowest BCUT2D eigenvalue weighted by molar-refractivity contribution is -0.120. The van der Waals surface area contributed by atoms with Gasteiger partial charge in [0.05, 0.1) is 11.1 Å². The molecule has 0 spiro atoms. The first-order valence-corrected chi connectivity index (χ1v) is 13.4. The fraction of sp³-hybridized carbons (Fsp3) is 0.478. The average Bonchev–Trinajstić information content (AvgIpc) is 3.35. The molecule has 2 aliphatic heterocycles. The number of anilines is 1. The van der Waals surface area contributed by atoms with Gasteiger partial charge >= 0.3 is 6.09 Å². The molecule has 2 saturated heterocycles. The fourth-order valence-electron chi connectivity index (χ4n) is 4.40. The van der Waals surface area contributed by atoms with Crippen LogP contribution in [-0.2, 0) is 4.79 Å². The van der Waals surface area contributed by atoms with Gasteiger partial charge in [-0.1, -0.05) is 12.1 Å². The van der Waals surface area contributed by atoms with Crippen molar-refractivity contribution in [3.8, 4) is 11.3 Å². The molecule has 1 aromatic carbocycles. The van der Waals surface area contributed by atoms with Gasteiger partial charge < -0.3 is 21.1 Å². The third kappa shape index (κ3) is 5.06. The van der Waals surface area contributed by atoms with E-state index in [9.17, 15) is 19.5 Å². The second kappa shape index (κ2) is 9.93. The number of amides is 3.